The Bertz CT molecular complexity index is 780. The number of carbonyl (C=O) groups excluding carboxylic acids is 2. The molecule has 8 heteroatoms. The molecular weight excluding hydrogens is 386 g/mol. The lowest BCUT2D eigenvalue weighted by Crippen LogP contribution is -2.50. The van der Waals surface area contributed by atoms with E-state index in [-0.39, 0.29) is 21.6 Å². The first-order chi connectivity index (χ1) is 10.9. The first kappa shape index (κ1) is 15.3. The number of halogens is 1. The van der Waals surface area contributed by atoms with E-state index in [1.54, 1.807) is 18.2 Å². The van der Waals surface area contributed by atoms with Crippen LogP contribution in [-0.2, 0) is 24.3 Å². The third kappa shape index (κ3) is 2.19. The van der Waals surface area contributed by atoms with Crippen LogP contribution in [0.1, 0.15) is 6.42 Å². The number of carbonyl (C=O) groups is 2. The van der Waals surface area contributed by atoms with Crippen molar-refractivity contribution in [3.05, 3.63) is 30.3 Å². The van der Waals surface area contributed by atoms with Crippen LogP contribution >= 0.6 is 15.9 Å². The fourth-order valence-electron chi connectivity index (χ4n) is 4.22. The Labute approximate surface area is 141 Å². The van der Waals surface area contributed by atoms with E-state index in [0.29, 0.717) is 6.42 Å². The maximum Gasteiger partial charge on any atom is 0.317 e. The molecule has 2 aliphatic carbocycles. The van der Waals surface area contributed by atoms with Crippen LogP contribution in [0.15, 0.2) is 35.2 Å². The molecule has 0 aromatic heterocycles. The number of sulfonamides is 1. The molecule has 0 unspecified atom stereocenters. The van der Waals surface area contributed by atoms with Gasteiger partial charge in [-0.15, -0.1) is 0 Å². The number of fused-ring (bicyclic) bond motifs is 5. The van der Waals surface area contributed by atoms with E-state index in [1.807, 2.05) is 0 Å². The Morgan fingerprint density at radius 1 is 1.04 bits per heavy atom. The number of nitrogens with one attached hydrogen (secondary N) is 1. The van der Waals surface area contributed by atoms with Crippen LogP contribution in [0.4, 0.5) is 0 Å². The zero-order valence-corrected chi connectivity index (χ0v) is 14.3. The van der Waals surface area contributed by atoms with E-state index in [9.17, 15) is 18.0 Å². The van der Waals surface area contributed by atoms with Crippen LogP contribution in [0.2, 0.25) is 0 Å². The van der Waals surface area contributed by atoms with Crippen LogP contribution in [-0.4, -0.2) is 31.2 Å². The molecule has 3 fully saturated rings. The number of benzene rings is 1. The minimum atomic E-state index is -3.68. The quantitative estimate of drug-likeness (QED) is 0.466. The van der Waals surface area contributed by atoms with Crippen molar-refractivity contribution >= 4 is 37.9 Å². The van der Waals surface area contributed by atoms with E-state index >= 15 is 0 Å². The molecule has 1 saturated heterocycles. The molecule has 6 atom stereocenters. The van der Waals surface area contributed by atoms with Gasteiger partial charge in [0, 0.05) is 10.9 Å². The molecule has 0 radical (unpaired) electrons. The first-order valence-electron chi connectivity index (χ1n) is 7.37. The lowest BCUT2D eigenvalue weighted by Gasteiger charge is -2.32. The maximum absolute atomic E-state index is 12.5. The van der Waals surface area contributed by atoms with Gasteiger partial charge in [-0.1, -0.05) is 34.1 Å². The average Bonchev–Trinajstić information content (AvgIpc) is 3.14. The summed E-state index contributed by atoms with van der Waals surface area (Å²) in [6.45, 7) is 0. The summed E-state index contributed by atoms with van der Waals surface area (Å²) >= 11 is 3.52. The molecule has 1 aliphatic heterocycles. The molecule has 3 aliphatic rings. The largest absolute Gasteiger partial charge is 0.393 e. The van der Waals surface area contributed by atoms with Gasteiger partial charge in [-0.05, 0) is 30.4 Å². The molecule has 0 amide bonds. The maximum atomic E-state index is 12.5. The lowest BCUT2D eigenvalue weighted by molar-refractivity contribution is -0.154. The van der Waals surface area contributed by atoms with Crippen molar-refractivity contribution in [3.63, 3.8) is 0 Å². The second-order valence-electron chi connectivity index (χ2n) is 6.26. The number of esters is 2. The monoisotopic (exact) mass is 399 g/mol. The van der Waals surface area contributed by atoms with Gasteiger partial charge in [0.15, 0.2) is 0 Å². The summed E-state index contributed by atoms with van der Waals surface area (Å²) in [5.41, 5.74) is 0. The zero-order chi connectivity index (χ0) is 16.4. The smallest absolute Gasteiger partial charge is 0.317 e. The number of cyclic esters (lactones) is 2. The zero-order valence-electron chi connectivity index (χ0n) is 11.9. The standard InChI is InChI=1S/C15H14BrNO5S/c16-12-8-6-9(11-10(8)14(18)22-15(11)19)13(12)17-23(20,21)7-4-2-1-3-5-7/h1-5,8-13,17H,6H2/t8-,9+,10-,11+,12-,13+/m0/s1. The highest BCUT2D eigenvalue weighted by Crippen LogP contribution is 2.57. The molecule has 1 aromatic rings. The molecule has 23 heavy (non-hydrogen) atoms. The lowest BCUT2D eigenvalue weighted by atomic mass is 9.79. The van der Waals surface area contributed by atoms with Crippen LogP contribution < -0.4 is 4.72 Å². The van der Waals surface area contributed by atoms with E-state index < -0.39 is 39.8 Å². The fraction of sp³-hybridized carbons (Fsp3) is 0.467. The van der Waals surface area contributed by atoms with Crippen molar-refractivity contribution in [2.45, 2.75) is 22.2 Å². The van der Waals surface area contributed by atoms with Crippen LogP contribution in [0, 0.1) is 23.7 Å². The van der Waals surface area contributed by atoms with Crippen molar-refractivity contribution in [2.24, 2.45) is 23.7 Å². The molecule has 2 saturated carbocycles. The van der Waals surface area contributed by atoms with E-state index in [1.165, 1.54) is 12.1 Å². The van der Waals surface area contributed by atoms with Crippen molar-refractivity contribution in [1.29, 1.82) is 0 Å². The van der Waals surface area contributed by atoms with E-state index in [2.05, 4.69) is 20.7 Å². The Morgan fingerprint density at radius 2 is 1.65 bits per heavy atom. The second-order valence-corrected chi connectivity index (χ2v) is 9.03. The Kier molecular flexibility index (Phi) is 3.40. The van der Waals surface area contributed by atoms with Crippen molar-refractivity contribution < 1.29 is 22.7 Å². The molecule has 0 spiro atoms. The number of ether oxygens (including phenoxy) is 1. The average molecular weight is 400 g/mol. The highest BCUT2D eigenvalue weighted by Gasteiger charge is 2.66. The van der Waals surface area contributed by atoms with Gasteiger partial charge in [0.2, 0.25) is 10.0 Å². The second kappa shape index (κ2) is 5.12. The van der Waals surface area contributed by atoms with Gasteiger partial charge in [0.05, 0.1) is 16.7 Å². The fourth-order valence-corrected chi connectivity index (χ4v) is 6.79. The normalized spacial score (nSPS) is 38.7. The van der Waals surface area contributed by atoms with Gasteiger partial charge in [-0.25, -0.2) is 13.1 Å². The summed E-state index contributed by atoms with van der Waals surface area (Å²) in [5.74, 6) is -2.24. The summed E-state index contributed by atoms with van der Waals surface area (Å²) in [5, 5.41) is 0. The summed E-state index contributed by atoms with van der Waals surface area (Å²) in [7, 11) is -3.68. The summed E-state index contributed by atoms with van der Waals surface area (Å²) in [4.78, 5) is 23.7. The van der Waals surface area contributed by atoms with Gasteiger partial charge in [0.1, 0.15) is 0 Å². The number of alkyl halides is 1. The molecule has 1 heterocycles. The number of rotatable bonds is 3. The van der Waals surface area contributed by atoms with Crippen molar-refractivity contribution in [2.75, 3.05) is 0 Å². The van der Waals surface area contributed by atoms with Gasteiger partial charge in [-0.2, -0.15) is 0 Å². The third-order valence-electron chi connectivity index (χ3n) is 5.16. The summed E-state index contributed by atoms with van der Waals surface area (Å²) < 4.78 is 32.5. The highest BCUT2D eigenvalue weighted by atomic mass is 79.9. The summed E-state index contributed by atoms with van der Waals surface area (Å²) in [6.07, 6.45) is 0.647. The molecular formula is C15H14BrNO5S. The third-order valence-corrected chi connectivity index (χ3v) is 7.88. The predicted octanol–water partition coefficient (Wildman–Crippen LogP) is 1.06. The summed E-state index contributed by atoms with van der Waals surface area (Å²) in [6, 6.07) is 7.68. The minimum absolute atomic E-state index is 0.0765. The van der Waals surface area contributed by atoms with Gasteiger partial charge in [0.25, 0.3) is 0 Å². The first-order valence-corrected chi connectivity index (χ1v) is 9.77. The molecule has 122 valence electrons. The van der Waals surface area contributed by atoms with Gasteiger partial charge in [-0.3, -0.25) is 9.59 Å². The molecule has 1 aromatic carbocycles. The van der Waals surface area contributed by atoms with E-state index in [0.717, 1.165) is 0 Å². The molecule has 6 nitrogen and oxygen atoms in total. The number of hydrogen-bond donors (Lipinski definition) is 1. The Hall–Kier alpha value is -1.25. The van der Waals surface area contributed by atoms with Crippen molar-refractivity contribution in [3.8, 4) is 0 Å². The topological polar surface area (TPSA) is 89.5 Å². The van der Waals surface area contributed by atoms with Crippen LogP contribution in [0.5, 0.6) is 0 Å². The predicted molar refractivity (Wildman–Crippen MR) is 82.9 cm³/mol. The van der Waals surface area contributed by atoms with Crippen LogP contribution in [0.25, 0.3) is 0 Å². The Morgan fingerprint density at radius 3 is 2.30 bits per heavy atom. The van der Waals surface area contributed by atoms with Crippen molar-refractivity contribution in [1.82, 2.24) is 4.72 Å². The molecule has 2 bridgehead atoms. The van der Waals surface area contributed by atoms with Gasteiger partial charge < -0.3 is 4.74 Å². The molecule has 1 N–H and O–H groups in total. The SMILES string of the molecule is O=C1OC(=O)[C@H]2[C@@H]3C[C@@H]([C@@H](NS(=O)(=O)c4ccccc4)[C@H]3Br)[C@@H]12. The minimum Gasteiger partial charge on any atom is -0.393 e. The highest BCUT2D eigenvalue weighted by molar-refractivity contribution is 9.09. The van der Waals surface area contributed by atoms with Gasteiger partial charge >= 0.3 is 11.9 Å². The molecule has 4 rings (SSSR count). The van der Waals surface area contributed by atoms with E-state index in [4.69, 9.17) is 4.74 Å². The number of hydrogen-bond acceptors (Lipinski definition) is 5. The van der Waals surface area contributed by atoms with Crippen LogP contribution in [0.3, 0.4) is 0 Å². The Balaban J connectivity index is 1.62.